The average Bonchev–Trinajstić information content (AvgIpc) is 2.54. The fourth-order valence-electron chi connectivity index (χ4n) is 2.28. The van der Waals surface area contributed by atoms with Crippen molar-refractivity contribution in [2.24, 2.45) is 0 Å². The number of benzene rings is 2. The van der Waals surface area contributed by atoms with Crippen molar-refractivity contribution >= 4 is 16.9 Å². The largest absolute Gasteiger partial charge is 0.497 e. The number of ether oxygens (including phenoxy) is 2. The van der Waals surface area contributed by atoms with Crippen LogP contribution in [0.4, 0.5) is 0 Å². The van der Waals surface area contributed by atoms with Gasteiger partial charge in [0.1, 0.15) is 11.5 Å². The molecule has 1 heterocycles. The zero-order chi connectivity index (χ0) is 15.5. The summed E-state index contributed by atoms with van der Waals surface area (Å²) in [6, 6.07) is 16.2. The van der Waals surface area contributed by atoms with E-state index in [4.69, 9.17) is 9.47 Å². The second-order valence-corrected chi connectivity index (χ2v) is 4.90. The molecule has 0 saturated heterocycles. The molecular weight excluding hydrogens is 278 g/mol. The average molecular weight is 293 g/mol. The highest BCUT2D eigenvalue weighted by molar-refractivity contribution is 6.04. The highest BCUT2D eigenvalue weighted by Gasteiger charge is 2.15. The number of hydrogen-bond donors (Lipinski definition) is 0. The summed E-state index contributed by atoms with van der Waals surface area (Å²) in [4.78, 5) is 16.9. The molecule has 0 saturated carbocycles. The number of aryl methyl sites for hydroxylation is 1. The lowest BCUT2D eigenvalue weighted by atomic mass is 10.1. The summed E-state index contributed by atoms with van der Waals surface area (Å²) in [6.07, 6.45) is 0. The van der Waals surface area contributed by atoms with Gasteiger partial charge in [-0.15, -0.1) is 0 Å². The molecule has 0 spiro atoms. The number of nitrogens with zero attached hydrogens (tertiary/aromatic N) is 1. The molecule has 0 amide bonds. The van der Waals surface area contributed by atoms with Crippen LogP contribution in [0.1, 0.15) is 16.1 Å². The van der Waals surface area contributed by atoms with Crippen molar-refractivity contribution in [2.45, 2.75) is 6.92 Å². The van der Waals surface area contributed by atoms with Gasteiger partial charge < -0.3 is 9.47 Å². The van der Waals surface area contributed by atoms with Crippen LogP contribution in [-0.2, 0) is 0 Å². The predicted octanol–water partition coefficient (Wildman–Crippen LogP) is 3.77. The van der Waals surface area contributed by atoms with Crippen LogP contribution in [0, 0.1) is 6.92 Å². The standard InChI is InChI=1S/C18H15NO3/c1-12-10-16(18(20)22-13-6-4-3-5-7-13)15-11-14(21-2)8-9-17(15)19-12/h3-11H,1-2H3. The van der Waals surface area contributed by atoms with Gasteiger partial charge in [0.2, 0.25) is 0 Å². The van der Waals surface area contributed by atoms with Gasteiger partial charge in [-0.2, -0.15) is 0 Å². The molecule has 0 fully saturated rings. The van der Waals surface area contributed by atoms with Crippen LogP contribution >= 0.6 is 0 Å². The maximum absolute atomic E-state index is 12.5. The van der Waals surface area contributed by atoms with Crippen molar-refractivity contribution in [3.05, 3.63) is 65.9 Å². The Bertz CT molecular complexity index is 828. The molecule has 3 rings (SSSR count). The molecule has 0 aliphatic rings. The van der Waals surface area contributed by atoms with Crippen LogP contribution in [0.25, 0.3) is 10.9 Å². The third-order valence-electron chi connectivity index (χ3n) is 3.32. The Kier molecular flexibility index (Phi) is 3.74. The molecule has 0 atom stereocenters. The van der Waals surface area contributed by atoms with E-state index < -0.39 is 5.97 Å². The van der Waals surface area contributed by atoms with Crippen LogP contribution < -0.4 is 9.47 Å². The number of rotatable bonds is 3. The van der Waals surface area contributed by atoms with E-state index in [1.807, 2.05) is 37.3 Å². The van der Waals surface area contributed by atoms with Crippen LogP contribution in [0.3, 0.4) is 0 Å². The molecule has 110 valence electrons. The van der Waals surface area contributed by atoms with Crippen LogP contribution in [0.2, 0.25) is 0 Å². The number of aromatic nitrogens is 1. The maximum Gasteiger partial charge on any atom is 0.344 e. The normalized spacial score (nSPS) is 10.5. The van der Waals surface area contributed by atoms with Gasteiger partial charge in [0.25, 0.3) is 0 Å². The molecule has 2 aromatic carbocycles. The molecule has 1 aromatic heterocycles. The smallest absolute Gasteiger partial charge is 0.344 e. The SMILES string of the molecule is COc1ccc2nc(C)cc(C(=O)Oc3ccccc3)c2c1. The Morgan fingerprint density at radius 2 is 1.77 bits per heavy atom. The van der Waals surface area contributed by atoms with E-state index in [1.54, 1.807) is 31.4 Å². The third-order valence-corrected chi connectivity index (χ3v) is 3.32. The topological polar surface area (TPSA) is 48.4 Å². The minimum absolute atomic E-state index is 0.407. The zero-order valence-electron chi connectivity index (χ0n) is 12.4. The van der Waals surface area contributed by atoms with E-state index in [1.165, 1.54) is 0 Å². The van der Waals surface area contributed by atoms with Gasteiger partial charge >= 0.3 is 5.97 Å². The van der Waals surface area contributed by atoms with Crippen molar-refractivity contribution in [2.75, 3.05) is 7.11 Å². The zero-order valence-corrected chi connectivity index (χ0v) is 12.4. The Labute approximate surface area is 128 Å². The molecule has 0 bridgehead atoms. The first-order valence-corrected chi connectivity index (χ1v) is 6.90. The quantitative estimate of drug-likeness (QED) is 0.545. The van der Waals surface area contributed by atoms with E-state index in [9.17, 15) is 4.79 Å². The van der Waals surface area contributed by atoms with E-state index in [-0.39, 0.29) is 0 Å². The van der Waals surface area contributed by atoms with E-state index in [0.717, 1.165) is 11.2 Å². The van der Waals surface area contributed by atoms with Gasteiger partial charge in [-0.05, 0) is 43.3 Å². The van der Waals surface area contributed by atoms with Gasteiger partial charge in [-0.3, -0.25) is 4.98 Å². The highest BCUT2D eigenvalue weighted by atomic mass is 16.5. The van der Waals surface area contributed by atoms with Crippen molar-refractivity contribution in [1.82, 2.24) is 4.98 Å². The molecule has 0 aliphatic heterocycles. The molecule has 22 heavy (non-hydrogen) atoms. The molecule has 0 unspecified atom stereocenters. The number of methoxy groups -OCH3 is 1. The van der Waals surface area contributed by atoms with E-state index in [2.05, 4.69) is 4.98 Å². The molecule has 0 radical (unpaired) electrons. The Balaban J connectivity index is 2.06. The lowest BCUT2D eigenvalue weighted by molar-refractivity contribution is 0.0736. The lowest BCUT2D eigenvalue weighted by Gasteiger charge is -2.09. The number of fused-ring (bicyclic) bond motifs is 1. The lowest BCUT2D eigenvalue weighted by Crippen LogP contribution is -2.10. The van der Waals surface area contributed by atoms with Gasteiger partial charge in [0.15, 0.2) is 0 Å². The fourth-order valence-corrected chi connectivity index (χ4v) is 2.28. The number of carbonyl (C=O) groups excluding carboxylic acids is 1. The first-order chi connectivity index (χ1) is 10.7. The van der Waals surface area contributed by atoms with Gasteiger partial charge in [-0.25, -0.2) is 4.79 Å². The number of para-hydroxylation sites is 1. The number of esters is 1. The van der Waals surface area contributed by atoms with E-state index >= 15 is 0 Å². The Hall–Kier alpha value is -2.88. The number of hydrogen-bond acceptors (Lipinski definition) is 4. The van der Waals surface area contributed by atoms with Gasteiger partial charge in [0, 0.05) is 11.1 Å². The van der Waals surface area contributed by atoms with Crippen molar-refractivity contribution in [3.63, 3.8) is 0 Å². The number of carbonyl (C=O) groups is 1. The molecule has 0 N–H and O–H groups in total. The highest BCUT2D eigenvalue weighted by Crippen LogP contribution is 2.25. The van der Waals surface area contributed by atoms with E-state index in [0.29, 0.717) is 22.4 Å². The first-order valence-electron chi connectivity index (χ1n) is 6.90. The second-order valence-electron chi connectivity index (χ2n) is 4.90. The summed E-state index contributed by atoms with van der Waals surface area (Å²) < 4.78 is 10.7. The summed E-state index contributed by atoms with van der Waals surface area (Å²) >= 11 is 0. The number of pyridine rings is 1. The summed E-state index contributed by atoms with van der Waals surface area (Å²) in [5, 5.41) is 0.714. The van der Waals surface area contributed by atoms with Crippen molar-refractivity contribution in [1.29, 1.82) is 0 Å². The summed E-state index contributed by atoms with van der Waals surface area (Å²) in [7, 11) is 1.59. The minimum atomic E-state index is -0.407. The van der Waals surface area contributed by atoms with Crippen LogP contribution in [0.15, 0.2) is 54.6 Å². The van der Waals surface area contributed by atoms with Crippen LogP contribution in [0.5, 0.6) is 11.5 Å². The fraction of sp³-hybridized carbons (Fsp3) is 0.111. The molecular formula is C18H15NO3. The van der Waals surface area contributed by atoms with Crippen molar-refractivity contribution < 1.29 is 14.3 Å². The second kappa shape index (κ2) is 5.85. The Morgan fingerprint density at radius 1 is 1.00 bits per heavy atom. The molecule has 4 heteroatoms. The molecule has 4 nitrogen and oxygen atoms in total. The third kappa shape index (κ3) is 2.76. The minimum Gasteiger partial charge on any atom is -0.497 e. The predicted molar refractivity (Wildman–Crippen MR) is 84.4 cm³/mol. The monoisotopic (exact) mass is 293 g/mol. The molecule has 0 aliphatic carbocycles. The summed E-state index contributed by atoms with van der Waals surface area (Å²) in [5.41, 5.74) is 1.98. The van der Waals surface area contributed by atoms with Gasteiger partial charge in [-0.1, -0.05) is 18.2 Å². The van der Waals surface area contributed by atoms with Crippen LogP contribution in [-0.4, -0.2) is 18.1 Å². The summed E-state index contributed by atoms with van der Waals surface area (Å²) in [6.45, 7) is 1.85. The maximum atomic E-state index is 12.5. The Morgan fingerprint density at radius 3 is 2.50 bits per heavy atom. The van der Waals surface area contributed by atoms with Gasteiger partial charge in [0.05, 0.1) is 18.2 Å². The first kappa shape index (κ1) is 14.1. The molecule has 3 aromatic rings. The van der Waals surface area contributed by atoms with Crippen molar-refractivity contribution in [3.8, 4) is 11.5 Å². The summed E-state index contributed by atoms with van der Waals surface area (Å²) in [5.74, 6) is 0.778.